The summed E-state index contributed by atoms with van der Waals surface area (Å²) in [5.41, 5.74) is 2.05. The molecular formula is C19H22Cl2N4O. The molecule has 1 aromatic carbocycles. The lowest BCUT2D eigenvalue weighted by Gasteiger charge is -2.35. The van der Waals surface area contributed by atoms with Crippen LogP contribution in [0.1, 0.15) is 12.5 Å². The van der Waals surface area contributed by atoms with E-state index in [1.807, 2.05) is 24.3 Å². The van der Waals surface area contributed by atoms with Crippen LogP contribution < -0.4 is 10.2 Å². The van der Waals surface area contributed by atoms with Crippen LogP contribution in [0, 0.1) is 0 Å². The summed E-state index contributed by atoms with van der Waals surface area (Å²) in [5, 5.41) is 4.11. The largest absolute Gasteiger partial charge is 0.353 e. The molecule has 0 saturated carbocycles. The SMILES string of the molecule is CCc1ccccc1NC(=O)CN1CCN(c2ncc(Cl)cc2Cl)CC1. The van der Waals surface area contributed by atoms with E-state index in [9.17, 15) is 4.79 Å². The van der Waals surface area contributed by atoms with Gasteiger partial charge in [-0.3, -0.25) is 9.69 Å². The lowest BCUT2D eigenvalue weighted by Crippen LogP contribution is -2.49. The van der Waals surface area contributed by atoms with Gasteiger partial charge < -0.3 is 10.2 Å². The molecule has 0 unspecified atom stereocenters. The number of nitrogens with one attached hydrogen (secondary N) is 1. The number of hydrogen-bond donors (Lipinski definition) is 1. The van der Waals surface area contributed by atoms with E-state index in [1.54, 1.807) is 12.3 Å². The summed E-state index contributed by atoms with van der Waals surface area (Å²) in [6, 6.07) is 9.62. The smallest absolute Gasteiger partial charge is 0.238 e. The van der Waals surface area contributed by atoms with Crippen molar-refractivity contribution < 1.29 is 4.79 Å². The molecule has 1 fully saturated rings. The molecule has 0 aliphatic carbocycles. The van der Waals surface area contributed by atoms with E-state index in [2.05, 4.69) is 27.0 Å². The number of para-hydroxylation sites is 1. The van der Waals surface area contributed by atoms with Gasteiger partial charge in [-0.2, -0.15) is 0 Å². The number of pyridine rings is 1. The summed E-state index contributed by atoms with van der Waals surface area (Å²) in [7, 11) is 0. The zero-order valence-electron chi connectivity index (χ0n) is 14.7. The predicted molar refractivity (Wildman–Crippen MR) is 107 cm³/mol. The van der Waals surface area contributed by atoms with Crippen LogP contribution in [0.2, 0.25) is 10.0 Å². The molecule has 1 aromatic heterocycles. The van der Waals surface area contributed by atoms with Crippen molar-refractivity contribution in [1.29, 1.82) is 0 Å². The lowest BCUT2D eigenvalue weighted by atomic mass is 10.1. The van der Waals surface area contributed by atoms with E-state index in [-0.39, 0.29) is 5.91 Å². The number of anilines is 2. The molecule has 7 heteroatoms. The molecule has 5 nitrogen and oxygen atoms in total. The zero-order chi connectivity index (χ0) is 18.5. The van der Waals surface area contributed by atoms with Crippen LogP contribution in [0.25, 0.3) is 0 Å². The van der Waals surface area contributed by atoms with Crippen LogP contribution in [-0.4, -0.2) is 48.5 Å². The number of carbonyl (C=O) groups is 1. The van der Waals surface area contributed by atoms with Gasteiger partial charge in [-0.25, -0.2) is 4.98 Å². The van der Waals surface area contributed by atoms with Gasteiger partial charge in [0, 0.05) is 38.1 Å². The Bertz CT molecular complexity index is 776. The first-order valence-electron chi connectivity index (χ1n) is 8.73. The highest BCUT2D eigenvalue weighted by molar-refractivity contribution is 6.36. The molecule has 138 valence electrons. The predicted octanol–water partition coefficient (Wildman–Crippen LogP) is 3.71. The van der Waals surface area contributed by atoms with Gasteiger partial charge in [0.15, 0.2) is 0 Å². The van der Waals surface area contributed by atoms with Crippen LogP contribution >= 0.6 is 23.2 Å². The molecule has 2 heterocycles. The van der Waals surface area contributed by atoms with Crippen LogP contribution in [0.4, 0.5) is 11.5 Å². The number of aryl methyl sites for hydroxylation is 1. The summed E-state index contributed by atoms with van der Waals surface area (Å²) in [6.07, 6.45) is 2.50. The Hall–Kier alpha value is -1.82. The van der Waals surface area contributed by atoms with Gasteiger partial charge in [0.25, 0.3) is 0 Å². The molecule has 0 bridgehead atoms. The Morgan fingerprint density at radius 2 is 1.92 bits per heavy atom. The molecule has 0 atom stereocenters. The molecule has 2 aromatic rings. The van der Waals surface area contributed by atoms with Crippen molar-refractivity contribution in [3.8, 4) is 0 Å². The number of halogens is 2. The van der Waals surface area contributed by atoms with Crippen molar-refractivity contribution in [2.24, 2.45) is 0 Å². The average molecular weight is 393 g/mol. The van der Waals surface area contributed by atoms with E-state index in [0.717, 1.165) is 49.7 Å². The Labute approximate surface area is 163 Å². The Balaban J connectivity index is 1.53. The minimum absolute atomic E-state index is 0.0157. The number of amides is 1. The van der Waals surface area contributed by atoms with Gasteiger partial charge >= 0.3 is 0 Å². The molecule has 1 aliphatic heterocycles. The van der Waals surface area contributed by atoms with Crippen LogP contribution in [0.15, 0.2) is 36.5 Å². The van der Waals surface area contributed by atoms with Crippen molar-refractivity contribution in [3.63, 3.8) is 0 Å². The number of aromatic nitrogens is 1. The highest BCUT2D eigenvalue weighted by Gasteiger charge is 2.21. The summed E-state index contributed by atoms with van der Waals surface area (Å²) < 4.78 is 0. The maximum atomic E-state index is 12.4. The van der Waals surface area contributed by atoms with Crippen molar-refractivity contribution in [1.82, 2.24) is 9.88 Å². The van der Waals surface area contributed by atoms with Crippen LogP contribution in [-0.2, 0) is 11.2 Å². The number of carbonyl (C=O) groups excluding carboxylic acids is 1. The van der Waals surface area contributed by atoms with Crippen molar-refractivity contribution in [3.05, 3.63) is 52.1 Å². The molecule has 26 heavy (non-hydrogen) atoms. The Kier molecular flexibility index (Phi) is 6.35. The average Bonchev–Trinajstić information content (AvgIpc) is 2.63. The molecular weight excluding hydrogens is 371 g/mol. The third-order valence-corrected chi connectivity index (χ3v) is 4.98. The molecule has 0 spiro atoms. The fraction of sp³-hybridized carbons (Fsp3) is 0.368. The maximum absolute atomic E-state index is 12.4. The molecule has 1 amide bonds. The molecule has 1 N–H and O–H groups in total. The molecule has 1 saturated heterocycles. The number of nitrogens with zero attached hydrogens (tertiary/aromatic N) is 3. The van der Waals surface area contributed by atoms with Crippen molar-refractivity contribution >= 4 is 40.6 Å². The van der Waals surface area contributed by atoms with Gasteiger partial charge in [0.05, 0.1) is 16.6 Å². The first-order valence-corrected chi connectivity index (χ1v) is 9.48. The first-order chi connectivity index (χ1) is 12.6. The lowest BCUT2D eigenvalue weighted by molar-refractivity contribution is -0.117. The van der Waals surface area contributed by atoms with E-state index >= 15 is 0 Å². The van der Waals surface area contributed by atoms with E-state index in [0.29, 0.717) is 16.6 Å². The van der Waals surface area contributed by atoms with E-state index in [1.165, 1.54) is 0 Å². The third kappa shape index (κ3) is 4.67. The second-order valence-corrected chi connectivity index (χ2v) is 7.12. The van der Waals surface area contributed by atoms with Crippen LogP contribution in [0.3, 0.4) is 0 Å². The molecule has 1 aliphatic rings. The molecule has 3 rings (SSSR count). The Morgan fingerprint density at radius 3 is 2.62 bits per heavy atom. The number of hydrogen-bond acceptors (Lipinski definition) is 4. The minimum atomic E-state index is 0.0157. The van der Waals surface area contributed by atoms with Crippen LogP contribution in [0.5, 0.6) is 0 Å². The fourth-order valence-corrected chi connectivity index (χ4v) is 3.60. The topological polar surface area (TPSA) is 48.5 Å². The normalized spacial score (nSPS) is 15.1. The van der Waals surface area contributed by atoms with Gasteiger partial charge in [-0.1, -0.05) is 48.3 Å². The molecule has 0 radical (unpaired) electrons. The summed E-state index contributed by atoms with van der Waals surface area (Å²) in [5.74, 6) is 0.763. The van der Waals surface area contributed by atoms with E-state index in [4.69, 9.17) is 23.2 Å². The van der Waals surface area contributed by atoms with Gasteiger partial charge in [0.1, 0.15) is 5.82 Å². The van der Waals surface area contributed by atoms with Gasteiger partial charge in [0.2, 0.25) is 5.91 Å². The van der Waals surface area contributed by atoms with Crippen molar-refractivity contribution in [2.75, 3.05) is 42.9 Å². The fourth-order valence-electron chi connectivity index (χ4n) is 3.10. The second-order valence-electron chi connectivity index (χ2n) is 6.28. The first kappa shape index (κ1) is 19.0. The minimum Gasteiger partial charge on any atom is -0.353 e. The number of piperazine rings is 1. The van der Waals surface area contributed by atoms with Crippen molar-refractivity contribution in [2.45, 2.75) is 13.3 Å². The maximum Gasteiger partial charge on any atom is 0.238 e. The second kappa shape index (κ2) is 8.71. The number of rotatable bonds is 5. The third-order valence-electron chi connectivity index (χ3n) is 4.50. The van der Waals surface area contributed by atoms with Gasteiger partial charge in [-0.15, -0.1) is 0 Å². The van der Waals surface area contributed by atoms with Gasteiger partial charge in [-0.05, 0) is 24.1 Å². The highest BCUT2D eigenvalue weighted by Crippen LogP contribution is 2.26. The monoisotopic (exact) mass is 392 g/mol. The summed E-state index contributed by atoms with van der Waals surface area (Å²) in [6.45, 7) is 5.57. The summed E-state index contributed by atoms with van der Waals surface area (Å²) in [4.78, 5) is 21.0. The standard InChI is InChI=1S/C19H22Cl2N4O/c1-2-14-5-3-4-6-17(14)23-18(26)13-24-7-9-25(10-8-24)19-16(21)11-15(20)12-22-19/h3-6,11-12H,2,7-10,13H2,1H3,(H,23,26). The summed E-state index contributed by atoms with van der Waals surface area (Å²) >= 11 is 12.1. The Morgan fingerprint density at radius 1 is 1.19 bits per heavy atom. The highest BCUT2D eigenvalue weighted by atomic mass is 35.5. The van der Waals surface area contributed by atoms with E-state index < -0.39 is 0 Å². The zero-order valence-corrected chi connectivity index (χ0v) is 16.2. The quantitative estimate of drug-likeness (QED) is 0.842. The number of benzene rings is 1.